The Morgan fingerprint density at radius 3 is 2.30 bits per heavy atom. The van der Waals surface area contributed by atoms with Crippen molar-refractivity contribution in [2.24, 2.45) is 0 Å². The number of hydrogen-bond acceptors (Lipinski definition) is 3. The molecule has 3 aromatic carbocycles. The molecule has 4 heteroatoms. The molecule has 0 saturated carbocycles. The number of aryl methyl sites for hydroxylation is 1. The molecule has 0 unspecified atom stereocenters. The summed E-state index contributed by atoms with van der Waals surface area (Å²) in [6.07, 6.45) is 0.763. The first-order valence-electron chi connectivity index (χ1n) is 10.0. The van der Waals surface area contributed by atoms with Crippen molar-refractivity contribution in [2.75, 3.05) is 6.61 Å². The van der Waals surface area contributed by atoms with Crippen molar-refractivity contribution >= 4 is 21.9 Å². The number of benzene rings is 3. The quantitative estimate of drug-likeness (QED) is 0.292. The second-order valence-corrected chi connectivity index (χ2v) is 9.26. The summed E-state index contributed by atoms with van der Waals surface area (Å²) in [5, 5.41) is 0. The molecule has 0 amide bonds. The SMILES string of the molecule is Cc1cc(C(C)(C)C)ccc1OC(=O)c1cc(Br)ccc1OCCc1ccccc1. The first kappa shape index (κ1) is 22.1. The van der Waals surface area contributed by atoms with E-state index in [1.54, 1.807) is 12.1 Å². The lowest BCUT2D eigenvalue weighted by atomic mass is 9.86. The van der Waals surface area contributed by atoms with Gasteiger partial charge in [-0.3, -0.25) is 0 Å². The number of esters is 1. The highest BCUT2D eigenvalue weighted by atomic mass is 79.9. The molecule has 3 aromatic rings. The van der Waals surface area contributed by atoms with Crippen LogP contribution in [0.15, 0.2) is 71.2 Å². The molecule has 3 rings (SSSR count). The van der Waals surface area contributed by atoms with Crippen molar-refractivity contribution < 1.29 is 14.3 Å². The molecule has 0 aromatic heterocycles. The Morgan fingerprint density at radius 2 is 1.63 bits per heavy atom. The molecular weight excluding hydrogens is 440 g/mol. The van der Waals surface area contributed by atoms with Crippen LogP contribution >= 0.6 is 15.9 Å². The van der Waals surface area contributed by atoms with E-state index in [0.717, 1.165) is 16.5 Å². The first-order chi connectivity index (χ1) is 14.2. The van der Waals surface area contributed by atoms with E-state index in [1.165, 1.54) is 11.1 Å². The Balaban J connectivity index is 1.74. The molecule has 0 heterocycles. The maximum Gasteiger partial charge on any atom is 0.347 e. The fourth-order valence-corrected chi connectivity index (χ4v) is 3.46. The predicted octanol–water partition coefficient (Wildman–Crippen LogP) is 6.90. The van der Waals surface area contributed by atoms with Gasteiger partial charge in [-0.15, -0.1) is 0 Å². The normalized spacial score (nSPS) is 11.2. The van der Waals surface area contributed by atoms with Crippen molar-refractivity contribution in [2.45, 2.75) is 39.5 Å². The first-order valence-corrected chi connectivity index (χ1v) is 10.8. The summed E-state index contributed by atoms with van der Waals surface area (Å²) in [5.41, 5.74) is 3.76. The smallest absolute Gasteiger partial charge is 0.347 e. The topological polar surface area (TPSA) is 35.5 Å². The van der Waals surface area contributed by atoms with E-state index in [4.69, 9.17) is 9.47 Å². The lowest BCUT2D eigenvalue weighted by Gasteiger charge is -2.20. The summed E-state index contributed by atoms with van der Waals surface area (Å²) in [4.78, 5) is 12.9. The van der Waals surface area contributed by atoms with Crippen molar-refractivity contribution in [1.82, 2.24) is 0 Å². The van der Waals surface area contributed by atoms with E-state index in [2.05, 4.69) is 54.9 Å². The van der Waals surface area contributed by atoms with Crippen molar-refractivity contribution in [3.63, 3.8) is 0 Å². The standard InChI is InChI=1S/C26H27BrO3/c1-18-16-20(26(2,3)4)10-12-23(18)30-25(28)22-17-21(27)11-13-24(22)29-15-14-19-8-6-5-7-9-19/h5-13,16-17H,14-15H2,1-4H3. The van der Waals surface area contributed by atoms with Crippen molar-refractivity contribution in [3.8, 4) is 11.5 Å². The van der Waals surface area contributed by atoms with E-state index in [0.29, 0.717) is 23.7 Å². The molecule has 156 valence electrons. The minimum atomic E-state index is -0.433. The summed E-state index contributed by atoms with van der Waals surface area (Å²) in [5.74, 6) is 0.643. The van der Waals surface area contributed by atoms with Gasteiger partial charge >= 0.3 is 5.97 Å². The number of carbonyl (C=O) groups excluding carboxylic acids is 1. The zero-order valence-corrected chi connectivity index (χ0v) is 19.5. The van der Waals surface area contributed by atoms with Crippen LogP contribution in [0.5, 0.6) is 11.5 Å². The molecule has 0 N–H and O–H groups in total. The molecule has 0 aliphatic carbocycles. The molecule has 0 aliphatic heterocycles. The summed E-state index contributed by atoms with van der Waals surface area (Å²) < 4.78 is 12.4. The van der Waals surface area contributed by atoms with Crippen molar-refractivity contribution in [3.05, 3.63) is 93.5 Å². The number of rotatable bonds is 6. The van der Waals surface area contributed by atoms with Gasteiger partial charge in [0, 0.05) is 10.9 Å². The third-order valence-corrected chi connectivity index (χ3v) is 5.39. The Hall–Kier alpha value is -2.59. The van der Waals surface area contributed by atoms with Crippen LogP contribution in [0.2, 0.25) is 0 Å². The van der Waals surface area contributed by atoms with Crippen molar-refractivity contribution in [1.29, 1.82) is 0 Å². The van der Waals surface area contributed by atoms with Crippen LogP contribution in [-0.2, 0) is 11.8 Å². The van der Waals surface area contributed by atoms with Crippen LogP contribution in [0.1, 0.15) is 47.8 Å². The van der Waals surface area contributed by atoms with Gasteiger partial charge in [0.05, 0.1) is 6.61 Å². The molecule has 0 aliphatic rings. The van der Waals surface area contributed by atoms with Gasteiger partial charge in [-0.25, -0.2) is 4.79 Å². The number of hydrogen-bond donors (Lipinski definition) is 0. The van der Waals surface area contributed by atoms with E-state index in [9.17, 15) is 4.79 Å². The van der Waals surface area contributed by atoms with Crippen LogP contribution in [-0.4, -0.2) is 12.6 Å². The van der Waals surface area contributed by atoms with Gasteiger partial charge < -0.3 is 9.47 Å². The zero-order valence-electron chi connectivity index (χ0n) is 17.9. The van der Waals surface area contributed by atoms with Gasteiger partial charge in [0.15, 0.2) is 0 Å². The average molecular weight is 467 g/mol. The molecule has 3 nitrogen and oxygen atoms in total. The second-order valence-electron chi connectivity index (χ2n) is 8.34. The van der Waals surface area contributed by atoms with Crippen LogP contribution in [0.25, 0.3) is 0 Å². The summed E-state index contributed by atoms with van der Waals surface area (Å²) >= 11 is 3.44. The van der Waals surface area contributed by atoms with Crippen LogP contribution in [0, 0.1) is 6.92 Å². The number of halogens is 1. The third kappa shape index (κ3) is 5.73. The van der Waals surface area contributed by atoms with Gasteiger partial charge in [0.1, 0.15) is 17.1 Å². The van der Waals surface area contributed by atoms with E-state index in [1.807, 2.05) is 43.3 Å². The molecule has 0 radical (unpaired) electrons. The van der Waals surface area contributed by atoms with Gasteiger partial charge in [0.2, 0.25) is 0 Å². The number of carbonyl (C=O) groups is 1. The lowest BCUT2D eigenvalue weighted by molar-refractivity contribution is 0.0729. The highest BCUT2D eigenvalue weighted by molar-refractivity contribution is 9.10. The Morgan fingerprint density at radius 1 is 0.933 bits per heavy atom. The van der Waals surface area contributed by atoms with Gasteiger partial charge in [-0.05, 0) is 53.3 Å². The Labute approximate surface area is 187 Å². The molecule has 0 spiro atoms. The minimum absolute atomic E-state index is 0.0390. The van der Waals surface area contributed by atoms with Gasteiger partial charge in [-0.2, -0.15) is 0 Å². The molecule has 30 heavy (non-hydrogen) atoms. The highest BCUT2D eigenvalue weighted by Crippen LogP contribution is 2.30. The summed E-state index contributed by atoms with van der Waals surface area (Å²) in [7, 11) is 0. The molecule has 0 saturated heterocycles. The predicted molar refractivity (Wildman–Crippen MR) is 125 cm³/mol. The number of ether oxygens (including phenoxy) is 2. The van der Waals surface area contributed by atoms with Crippen LogP contribution in [0.3, 0.4) is 0 Å². The summed E-state index contributed by atoms with van der Waals surface area (Å²) in [6.45, 7) is 8.91. The second kappa shape index (κ2) is 9.48. The zero-order chi connectivity index (χ0) is 21.7. The van der Waals surface area contributed by atoms with E-state index in [-0.39, 0.29) is 5.41 Å². The Kier molecular flexibility index (Phi) is 6.99. The minimum Gasteiger partial charge on any atom is -0.492 e. The van der Waals surface area contributed by atoms with Gasteiger partial charge in [0.25, 0.3) is 0 Å². The van der Waals surface area contributed by atoms with Gasteiger partial charge in [-0.1, -0.05) is 79.2 Å². The molecule has 0 bridgehead atoms. The molecule has 0 fully saturated rings. The maximum atomic E-state index is 12.9. The maximum absolute atomic E-state index is 12.9. The molecular formula is C26H27BrO3. The van der Waals surface area contributed by atoms with Crippen LogP contribution < -0.4 is 9.47 Å². The average Bonchev–Trinajstić information content (AvgIpc) is 2.70. The third-order valence-electron chi connectivity index (χ3n) is 4.90. The van der Waals surface area contributed by atoms with E-state index >= 15 is 0 Å². The summed E-state index contributed by atoms with van der Waals surface area (Å²) in [6, 6.07) is 21.4. The Bertz CT molecular complexity index is 1020. The fraction of sp³-hybridized carbons (Fsp3) is 0.269. The van der Waals surface area contributed by atoms with Crippen LogP contribution in [0.4, 0.5) is 0 Å². The lowest BCUT2D eigenvalue weighted by Crippen LogP contribution is -2.14. The largest absolute Gasteiger partial charge is 0.492 e. The highest BCUT2D eigenvalue weighted by Gasteiger charge is 2.19. The fourth-order valence-electron chi connectivity index (χ4n) is 3.10. The molecule has 0 atom stereocenters. The monoisotopic (exact) mass is 466 g/mol. The van der Waals surface area contributed by atoms with E-state index < -0.39 is 5.97 Å².